The lowest BCUT2D eigenvalue weighted by molar-refractivity contribution is -0.123. The summed E-state index contributed by atoms with van der Waals surface area (Å²) in [5.41, 5.74) is 3.91. The normalized spacial score (nSPS) is 22.5. The second kappa shape index (κ2) is 9.27. The summed E-state index contributed by atoms with van der Waals surface area (Å²) in [5, 5.41) is 4.49. The predicted octanol–water partition coefficient (Wildman–Crippen LogP) is 5.25. The number of aromatic nitrogens is 1. The Hall–Kier alpha value is -2.59. The Balaban J connectivity index is 1.30. The Morgan fingerprint density at radius 2 is 1.77 bits per heavy atom. The predicted molar refractivity (Wildman–Crippen MR) is 128 cm³/mol. The Morgan fingerprint density at radius 3 is 2.48 bits per heavy atom. The molecule has 1 amide bonds. The molecule has 1 aliphatic rings. The number of nitrogens with zero attached hydrogens (tertiary/aromatic N) is 1. The Kier molecular flexibility index (Phi) is 6.47. The quantitative estimate of drug-likeness (QED) is 0.551. The molecule has 4 rings (SSSR count). The van der Waals surface area contributed by atoms with Crippen molar-refractivity contribution in [2.75, 3.05) is 14.1 Å². The van der Waals surface area contributed by atoms with Crippen LogP contribution in [0.1, 0.15) is 50.2 Å². The number of aromatic amines is 1. The molecule has 164 valence electrons. The van der Waals surface area contributed by atoms with Crippen LogP contribution in [-0.2, 0) is 16.8 Å². The van der Waals surface area contributed by atoms with Crippen LogP contribution in [0.3, 0.4) is 0 Å². The van der Waals surface area contributed by atoms with Crippen LogP contribution >= 0.6 is 0 Å². The number of nitrogens with one attached hydrogen (secondary N) is 2. The van der Waals surface area contributed by atoms with Crippen LogP contribution in [0.15, 0.2) is 60.8 Å². The fourth-order valence-corrected chi connectivity index (χ4v) is 5.38. The summed E-state index contributed by atoms with van der Waals surface area (Å²) in [6.07, 6.45) is 7.95. The molecule has 0 spiro atoms. The van der Waals surface area contributed by atoms with Gasteiger partial charge in [0.2, 0.25) is 5.91 Å². The maximum atomic E-state index is 12.7. The molecule has 3 aromatic rings. The van der Waals surface area contributed by atoms with Crippen LogP contribution in [0.4, 0.5) is 0 Å². The van der Waals surface area contributed by atoms with Crippen LogP contribution in [0, 0.1) is 5.92 Å². The van der Waals surface area contributed by atoms with Gasteiger partial charge in [0.25, 0.3) is 0 Å². The van der Waals surface area contributed by atoms with E-state index in [1.165, 1.54) is 16.5 Å². The summed E-state index contributed by atoms with van der Waals surface area (Å²) in [5.74, 6) is 0.659. The fourth-order valence-electron chi connectivity index (χ4n) is 5.38. The van der Waals surface area contributed by atoms with Gasteiger partial charge in [-0.1, -0.05) is 48.5 Å². The van der Waals surface area contributed by atoms with Crippen LogP contribution < -0.4 is 5.32 Å². The lowest BCUT2D eigenvalue weighted by atomic mass is 9.71. The lowest BCUT2D eigenvalue weighted by Crippen LogP contribution is -2.45. The van der Waals surface area contributed by atoms with Gasteiger partial charge in [-0.25, -0.2) is 0 Å². The molecule has 1 unspecified atom stereocenters. The van der Waals surface area contributed by atoms with Crippen molar-refractivity contribution in [2.45, 2.75) is 57.0 Å². The first-order valence-corrected chi connectivity index (χ1v) is 11.6. The van der Waals surface area contributed by atoms with E-state index < -0.39 is 0 Å². The molecule has 31 heavy (non-hydrogen) atoms. The Morgan fingerprint density at radius 1 is 1.10 bits per heavy atom. The first-order valence-electron chi connectivity index (χ1n) is 11.6. The molecule has 1 aromatic heterocycles. The van der Waals surface area contributed by atoms with Crippen molar-refractivity contribution in [3.8, 4) is 0 Å². The molecular weight excluding hydrogens is 382 g/mol. The lowest BCUT2D eigenvalue weighted by Gasteiger charge is -2.45. The molecule has 2 N–H and O–H groups in total. The fraction of sp³-hybridized carbons (Fsp3) is 0.444. The van der Waals surface area contributed by atoms with E-state index in [0.29, 0.717) is 12.3 Å². The van der Waals surface area contributed by atoms with E-state index in [2.05, 4.69) is 90.9 Å². The van der Waals surface area contributed by atoms with Crippen molar-refractivity contribution >= 4 is 16.8 Å². The van der Waals surface area contributed by atoms with E-state index in [1.54, 1.807) is 0 Å². The van der Waals surface area contributed by atoms with Crippen molar-refractivity contribution in [1.82, 2.24) is 15.2 Å². The van der Waals surface area contributed by atoms with Crippen molar-refractivity contribution < 1.29 is 4.79 Å². The third-order valence-corrected chi connectivity index (χ3v) is 7.18. The van der Waals surface area contributed by atoms with Gasteiger partial charge < -0.3 is 10.3 Å². The number of H-pyrrole nitrogens is 1. The molecule has 1 saturated carbocycles. The van der Waals surface area contributed by atoms with Crippen LogP contribution in [0.5, 0.6) is 0 Å². The van der Waals surface area contributed by atoms with E-state index in [4.69, 9.17) is 0 Å². The van der Waals surface area contributed by atoms with Gasteiger partial charge in [0.1, 0.15) is 0 Å². The second-order valence-electron chi connectivity index (χ2n) is 9.47. The Bertz CT molecular complexity index is 1000. The van der Waals surface area contributed by atoms with Gasteiger partial charge >= 0.3 is 0 Å². The first kappa shape index (κ1) is 21.6. The number of benzene rings is 2. The third-order valence-electron chi connectivity index (χ3n) is 7.18. The number of carbonyl (C=O) groups excluding carboxylic acids is 1. The number of carbonyl (C=O) groups is 1. The summed E-state index contributed by atoms with van der Waals surface area (Å²) in [7, 11) is 4.37. The van der Waals surface area contributed by atoms with Crippen molar-refractivity contribution in [1.29, 1.82) is 0 Å². The van der Waals surface area contributed by atoms with Gasteiger partial charge in [-0.05, 0) is 76.2 Å². The molecule has 1 aliphatic carbocycles. The largest absolute Gasteiger partial charge is 0.361 e. The molecule has 0 aliphatic heterocycles. The van der Waals surface area contributed by atoms with Crippen molar-refractivity contribution in [2.24, 2.45) is 5.92 Å². The van der Waals surface area contributed by atoms with E-state index in [1.807, 2.05) is 6.07 Å². The zero-order valence-corrected chi connectivity index (χ0v) is 19.0. The van der Waals surface area contributed by atoms with Crippen LogP contribution in [0.25, 0.3) is 10.9 Å². The van der Waals surface area contributed by atoms with Gasteiger partial charge in [0.05, 0.1) is 0 Å². The molecule has 0 saturated heterocycles. The molecule has 2 aromatic carbocycles. The second-order valence-corrected chi connectivity index (χ2v) is 9.47. The van der Waals surface area contributed by atoms with E-state index in [9.17, 15) is 4.79 Å². The maximum Gasteiger partial charge on any atom is 0.220 e. The zero-order chi connectivity index (χ0) is 21.8. The number of rotatable bonds is 7. The molecule has 1 fully saturated rings. The highest BCUT2D eigenvalue weighted by atomic mass is 16.1. The van der Waals surface area contributed by atoms with Gasteiger partial charge in [0.15, 0.2) is 0 Å². The molecule has 4 nitrogen and oxygen atoms in total. The monoisotopic (exact) mass is 417 g/mol. The minimum atomic E-state index is 0.0941. The topological polar surface area (TPSA) is 48.1 Å². The van der Waals surface area contributed by atoms with E-state index in [0.717, 1.165) is 37.6 Å². The van der Waals surface area contributed by atoms with Crippen LogP contribution in [0.2, 0.25) is 0 Å². The molecule has 1 atom stereocenters. The summed E-state index contributed by atoms with van der Waals surface area (Å²) < 4.78 is 0. The average Bonchev–Trinajstić information content (AvgIpc) is 3.17. The summed E-state index contributed by atoms with van der Waals surface area (Å²) in [6.45, 7) is 2.10. The minimum absolute atomic E-state index is 0.0941. The zero-order valence-electron chi connectivity index (χ0n) is 19.0. The number of hydrogen-bond acceptors (Lipinski definition) is 2. The van der Waals surface area contributed by atoms with Gasteiger partial charge in [0, 0.05) is 35.1 Å². The SMILES string of the molecule is CC(Cc1c[nH]c2ccccc12)NC(=O)CC1CCC(c2ccccc2)(N(C)C)CC1. The molecule has 0 radical (unpaired) electrons. The summed E-state index contributed by atoms with van der Waals surface area (Å²) >= 11 is 0. The molecular formula is C27H35N3O. The average molecular weight is 418 g/mol. The first-order chi connectivity index (χ1) is 15.0. The van der Waals surface area contributed by atoms with Gasteiger partial charge in [-0.3, -0.25) is 9.69 Å². The van der Waals surface area contributed by atoms with Crippen molar-refractivity contribution in [3.63, 3.8) is 0 Å². The third kappa shape index (κ3) is 4.69. The molecule has 4 heteroatoms. The van der Waals surface area contributed by atoms with Gasteiger partial charge in [-0.15, -0.1) is 0 Å². The number of hydrogen-bond donors (Lipinski definition) is 2. The van der Waals surface area contributed by atoms with E-state index in [-0.39, 0.29) is 17.5 Å². The number of amides is 1. The summed E-state index contributed by atoms with van der Waals surface area (Å²) in [4.78, 5) is 18.5. The highest BCUT2D eigenvalue weighted by Gasteiger charge is 2.39. The van der Waals surface area contributed by atoms with Crippen molar-refractivity contribution in [3.05, 3.63) is 71.9 Å². The minimum Gasteiger partial charge on any atom is -0.361 e. The van der Waals surface area contributed by atoms with E-state index >= 15 is 0 Å². The van der Waals surface area contributed by atoms with Gasteiger partial charge in [-0.2, -0.15) is 0 Å². The summed E-state index contributed by atoms with van der Waals surface area (Å²) in [6, 6.07) is 19.3. The molecule has 1 heterocycles. The maximum absolute atomic E-state index is 12.7. The smallest absolute Gasteiger partial charge is 0.220 e. The standard InChI is InChI=1S/C27H35N3O/c1-20(17-22-19-28-25-12-8-7-11-24(22)25)29-26(31)18-21-13-15-27(16-14-21,30(2)3)23-9-5-4-6-10-23/h4-12,19-21,28H,13-18H2,1-3H3,(H,29,31). The highest BCUT2D eigenvalue weighted by molar-refractivity contribution is 5.83. The Labute approximate surface area is 186 Å². The number of para-hydroxylation sites is 1. The number of fused-ring (bicyclic) bond motifs is 1. The highest BCUT2D eigenvalue weighted by Crippen LogP contribution is 2.43. The molecule has 0 bridgehead atoms. The van der Waals surface area contributed by atoms with Crippen LogP contribution in [-0.4, -0.2) is 35.9 Å².